The van der Waals surface area contributed by atoms with Gasteiger partial charge < -0.3 is 25.6 Å². The van der Waals surface area contributed by atoms with Gasteiger partial charge in [-0.1, -0.05) is 59.7 Å². The number of benzene rings is 4. The lowest BCUT2D eigenvalue weighted by molar-refractivity contribution is -0.196. The lowest BCUT2D eigenvalue weighted by Crippen LogP contribution is -2.63. The Morgan fingerprint density at radius 2 is 0.803 bits per heavy atom. The number of amides is 4. The van der Waals surface area contributed by atoms with Crippen molar-refractivity contribution in [2.45, 2.75) is 234 Å². The summed E-state index contributed by atoms with van der Waals surface area (Å²) in [5, 5.41) is 6.26. The van der Waals surface area contributed by atoms with Crippen molar-refractivity contribution >= 4 is 149 Å². The third-order valence-electron chi connectivity index (χ3n) is 30.1. The van der Waals surface area contributed by atoms with E-state index in [-0.39, 0.29) is 173 Å². The average molecular weight is 1980 g/mol. The lowest BCUT2D eigenvalue weighted by Gasteiger charge is -2.64. The summed E-state index contributed by atoms with van der Waals surface area (Å²) >= 11 is 0. The quantitative estimate of drug-likeness (QED) is 0.0120. The van der Waals surface area contributed by atoms with Gasteiger partial charge in [-0.25, -0.2) is 25.1 Å². The van der Waals surface area contributed by atoms with Crippen LogP contribution in [0, 0.1) is 92.7 Å². The lowest BCUT2D eigenvalue weighted by atomic mass is 9.43. The van der Waals surface area contributed by atoms with Gasteiger partial charge in [0.1, 0.15) is 20.4 Å². The molecule has 0 radical (unpaired) electrons. The number of nitrogens with one attached hydrogen (secondary N) is 3. The number of carbonyl (C=O) groups excluding carboxylic acids is 4. The maximum absolute atomic E-state index is 14.3. The van der Waals surface area contributed by atoms with Gasteiger partial charge in [-0.2, -0.15) is 75.8 Å². The van der Waals surface area contributed by atoms with E-state index in [2.05, 4.69) is 16.0 Å². The fraction of sp³-hybridized carbons (Fsp3) is 0.737. The normalized spacial score (nSPS) is 31.9. The standard InChI is InChI=1S/C76H110N4O38S9/c1-41(51-16-18-53-71-55(36-63(75(51,53)5)117-126(106,107)108)73(3)25-23-45(113-122(94,95)96)31-43(73)33-58(71)115-124(100,101)102)11-21-65(81)77-27-7-9-29-80(68(84)39-79-67(83)40-112-57-38-62(121(91,92)93)48-14-13-47-60(119(85,86)87)20-15-49-61(120(88,89)90)35-50(57)70(48)69(47)49)30-10-8-28-78-66(82)22-12-42(2)52-17-19-54-72-56(37-64(76(52,54)6)118-127(109,110)111)74(4)26-24-46(114-123(97,98)99)32-44(74)34-59(72)116-125(103,104)105/h13-15,20,35,38,41-46,51-56,58-59,63-64,71-72H,7-12,16-19,21-34,36-37,39-40H2,1-6H3,(H,77,81)(H,78,82)(H,79,83)(H,85,86,87)(H,88,89,90)(H,91,92,93)(H,94,95,96)(H,97,98,99)(H,100,101,102)(H,103,104,105)(H,106,107,108)(H,109,110,111)/t41-,42-,43+,44+,45-,46-,51-,52-,53+,54+,55+,56+,58-,59-,63+,64+,71+,72+,73+,74+,75-,76-/m1/s1. The molecule has 12 N–H and O–H groups in total. The molecule has 4 aromatic carbocycles. The molecule has 0 aromatic heterocycles. The zero-order valence-corrected chi connectivity index (χ0v) is 77.5. The summed E-state index contributed by atoms with van der Waals surface area (Å²) in [5.41, 5.74) is -3.73. The van der Waals surface area contributed by atoms with Gasteiger partial charge in [-0.05, 0) is 222 Å². The summed E-state index contributed by atoms with van der Waals surface area (Å²) in [7, 11) is -45.8. The van der Waals surface area contributed by atoms with Gasteiger partial charge in [0, 0.05) is 88.2 Å². The molecule has 0 bridgehead atoms. The Bertz CT molecular complexity index is 5750. The first-order valence-corrected chi connectivity index (χ1v) is 54.4. The third kappa shape index (κ3) is 22.5. The summed E-state index contributed by atoms with van der Waals surface area (Å²) in [6, 6.07) is 5.48. The van der Waals surface area contributed by atoms with E-state index in [4.69, 9.17) is 29.8 Å². The average Bonchev–Trinajstić information content (AvgIpc) is 1.65. The molecule has 8 aliphatic rings. The minimum absolute atomic E-state index is 0.00573. The molecule has 12 rings (SSSR count). The zero-order valence-electron chi connectivity index (χ0n) is 70.1. The summed E-state index contributed by atoms with van der Waals surface area (Å²) in [4.78, 5) is 54.5. The molecule has 8 fully saturated rings. The molecule has 8 saturated carbocycles. The van der Waals surface area contributed by atoms with Crippen molar-refractivity contribution in [2.24, 2.45) is 92.7 Å². The molecule has 42 nitrogen and oxygen atoms in total. The van der Waals surface area contributed by atoms with Crippen LogP contribution in [-0.2, 0) is 137 Å². The van der Waals surface area contributed by atoms with E-state index >= 15 is 0 Å². The molecule has 716 valence electrons. The van der Waals surface area contributed by atoms with Crippen molar-refractivity contribution in [2.75, 3.05) is 39.3 Å². The first-order valence-electron chi connectivity index (χ1n) is 41.9. The van der Waals surface area contributed by atoms with E-state index in [0.29, 0.717) is 38.5 Å². The van der Waals surface area contributed by atoms with Gasteiger partial charge in [0.15, 0.2) is 6.61 Å². The molecular weight excluding hydrogens is 1870 g/mol. The van der Waals surface area contributed by atoms with Gasteiger partial charge >= 0.3 is 62.4 Å². The van der Waals surface area contributed by atoms with Gasteiger partial charge in [0.25, 0.3) is 36.3 Å². The topological polar surface area (TPSA) is 662 Å². The van der Waals surface area contributed by atoms with Crippen LogP contribution in [0.15, 0.2) is 51.1 Å². The molecule has 22 atom stereocenters. The highest BCUT2D eigenvalue weighted by molar-refractivity contribution is 7.87. The molecule has 0 spiro atoms. The van der Waals surface area contributed by atoms with Crippen molar-refractivity contribution in [1.29, 1.82) is 0 Å². The summed E-state index contributed by atoms with van der Waals surface area (Å²) in [5.74, 6) is -9.18. The fourth-order valence-electron chi connectivity index (χ4n) is 24.8. The maximum atomic E-state index is 14.3. The van der Waals surface area contributed by atoms with E-state index in [0.717, 1.165) is 36.4 Å². The predicted molar refractivity (Wildman–Crippen MR) is 446 cm³/mol. The van der Waals surface area contributed by atoms with Crippen LogP contribution in [0.2, 0.25) is 0 Å². The van der Waals surface area contributed by atoms with Crippen molar-refractivity contribution in [1.82, 2.24) is 20.9 Å². The van der Waals surface area contributed by atoms with Crippen molar-refractivity contribution < 1.29 is 166 Å². The maximum Gasteiger partial charge on any atom is 0.397 e. The predicted octanol–water partition coefficient (Wildman–Crippen LogP) is 7.16. The smallest absolute Gasteiger partial charge is 0.397 e. The molecule has 0 heterocycles. The molecule has 127 heavy (non-hydrogen) atoms. The summed E-state index contributed by atoms with van der Waals surface area (Å²) in [6.45, 7) is 9.56. The molecule has 0 aliphatic heterocycles. The van der Waals surface area contributed by atoms with Gasteiger partial charge in [-0.15, -0.1) is 0 Å². The van der Waals surface area contributed by atoms with Crippen LogP contribution in [-0.4, -0.2) is 221 Å². The van der Waals surface area contributed by atoms with Crippen LogP contribution in [0.25, 0.3) is 32.3 Å². The Morgan fingerprint density at radius 3 is 1.20 bits per heavy atom. The molecule has 4 aromatic rings. The number of hydrogen-bond acceptors (Lipinski definition) is 29. The number of hydrogen-bond donors (Lipinski definition) is 12. The molecule has 0 unspecified atom stereocenters. The molecule has 4 amide bonds. The highest BCUT2D eigenvalue weighted by atomic mass is 32.3. The highest BCUT2D eigenvalue weighted by Gasteiger charge is 2.70. The van der Waals surface area contributed by atoms with Crippen LogP contribution in [0.1, 0.15) is 183 Å². The molecule has 51 heteroatoms. The second kappa shape index (κ2) is 37.1. The van der Waals surface area contributed by atoms with Crippen molar-refractivity contribution in [3.8, 4) is 5.75 Å². The second-order valence-corrected chi connectivity index (χ2v) is 47.3. The number of ether oxygens (including phenoxy) is 1. The van der Waals surface area contributed by atoms with E-state index in [9.17, 15) is 136 Å². The highest BCUT2D eigenvalue weighted by Crippen LogP contribution is 2.72. The van der Waals surface area contributed by atoms with E-state index in [1.807, 2.05) is 27.7 Å². The van der Waals surface area contributed by atoms with Crippen LogP contribution in [0.4, 0.5) is 0 Å². The van der Waals surface area contributed by atoms with Crippen molar-refractivity contribution in [3.05, 3.63) is 36.4 Å². The largest absolute Gasteiger partial charge is 0.483 e. The number of unbranched alkanes of at least 4 members (excludes halogenated alkanes) is 2. The van der Waals surface area contributed by atoms with E-state index in [1.165, 1.54) is 4.90 Å². The van der Waals surface area contributed by atoms with Gasteiger partial charge in [-0.3, -0.25) is 60.2 Å². The minimum Gasteiger partial charge on any atom is -0.483 e. The summed E-state index contributed by atoms with van der Waals surface area (Å²) in [6.07, 6.45) is -2.94. The van der Waals surface area contributed by atoms with Crippen LogP contribution in [0.5, 0.6) is 5.75 Å². The fourth-order valence-corrected chi connectivity index (χ4v) is 30.2. The van der Waals surface area contributed by atoms with Crippen LogP contribution in [0.3, 0.4) is 0 Å². The first-order chi connectivity index (χ1) is 58.5. The third-order valence-corrected chi connectivity index (χ3v) is 35.8. The Kier molecular flexibility index (Phi) is 29.4. The first kappa shape index (κ1) is 101. The van der Waals surface area contributed by atoms with Crippen molar-refractivity contribution in [3.63, 3.8) is 0 Å². The molecular formula is C76H110N4O38S9. The zero-order chi connectivity index (χ0) is 93.7. The van der Waals surface area contributed by atoms with E-state index < -0.39 is 267 Å². The SMILES string of the molecule is C[C@H](CCC(=O)NCCCCN(CCCCNC(=O)CC[C@@H](C)[C@H]1CC[C@H]2[C@@H]3[C@H](OS(=O)(=O)O)C[C@@H]4C[C@H](OS(=O)(=O)O)CC[C@]4(C)[C@H]3C[C@H](OS(=O)(=O)O)[C@]12C)C(=O)CNC(=O)COc1cc(S(=O)(=O)O)c2ccc3c(S(=O)(=O)O)ccc4c(S(=O)(=O)O)cc1c2c34)[C@H]1CC[C@H]2[C@@H]3[C@H](OS(=O)(=O)O)C[C@@H]4C[C@H](OS(=O)(=O)O)CC[C@]4(C)[C@H]3C[C@H](OS(=O)(=O)O)[C@]12C. The summed E-state index contributed by atoms with van der Waals surface area (Å²) < 4.78 is 354. The Labute approximate surface area is 738 Å². The second-order valence-electron chi connectivity index (χ2n) is 36.9. The van der Waals surface area contributed by atoms with Crippen LogP contribution < -0.4 is 20.7 Å². The van der Waals surface area contributed by atoms with E-state index in [1.54, 1.807) is 13.8 Å². The molecule has 8 aliphatic carbocycles. The number of fused-ring (bicyclic) bond motifs is 10. The number of carbonyl (C=O) groups is 4. The van der Waals surface area contributed by atoms with Crippen LogP contribution >= 0.6 is 0 Å². The Balaban J connectivity index is 0.697. The number of rotatable bonds is 38. The molecule has 0 saturated heterocycles. The van der Waals surface area contributed by atoms with Gasteiger partial charge in [0.05, 0.1) is 43.2 Å². The Hall–Kier alpha value is -5.45. The number of nitrogens with zero attached hydrogens (tertiary/aromatic N) is 1. The minimum atomic E-state index is -5.23. The van der Waals surface area contributed by atoms with Gasteiger partial charge in [0.2, 0.25) is 17.7 Å². The monoisotopic (exact) mass is 1970 g/mol. The Morgan fingerprint density at radius 1 is 0.425 bits per heavy atom.